The largest absolute Gasteiger partial charge is 0.338 e. The third kappa shape index (κ3) is 4.21. The molecular formula is C17H24N2OS. The number of hydrogen-bond acceptors (Lipinski definition) is 2. The molecule has 0 fully saturated rings. The van der Waals surface area contributed by atoms with Crippen LogP contribution < -0.4 is 5.32 Å². The first-order chi connectivity index (χ1) is 10.3. The molecule has 2 amide bonds. The number of amides is 2. The van der Waals surface area contributed by atoms with E-state index in [1.165, 1.54) is 15.6 Å². The summed E-state index contributed by atoms with van der Waals surface area (Å²) in [6.45, 7) is 6.49. The molecule has 0 bridgehead atoms. The zero-order valence-electron chi connectivity index (χ0n) is 12.9. The van der Waals surface area contributed by atoms with Gasteiger partial charge in [-0.05, 0) is 42.2 Å². The lowest BCUT2D eigenvalue weighted by molar-refractivity contribution is 0.200. The van der Waals surface area contributed by atoms with Gasteiger partial charge >= 0.3 is 6.03 Å². The van der Waals surface area contributed by atoms with Crippen molar-refractivity contribution >= 4 is 27.5 Å². The van der Waals surface area contributed by atoms with Gasteiger partial charge in [0.1, 0.15) is 0 Å². The summed E-state index contributed by atoms with van der Waals surface area (Å²) >= 11 is 1.77. The molecule has 0 radical (unpaired) electrons. The number of urea groups is 1. The van der Waals surface area contributed by atoms with Gasteiger partial charge in [0, 0.05) is 24.3 Å². The summed E-state index contributed by atoms with van der Waals surface area (Å²) in [7, 11) is 0. The fourth-order valence-electron chi connectivity index (χ4n) is 2.39. The molecule has 114 valence electrons. The standard InChI is InChI=1S/C17H24N2OS/c1-3-5-12-19(4-2)17(20)18-11-10-14-13-21-16-9-7-6-8-15(14)16/h6-9,13H,3-5,10-12H2,1-2H3,(H,18,20). The van der Waals surface area contributed by atoms with E-state index in [2.05, 4.69) is 41.9 Å². The minimum atomic E-state index is 0.0606. The highest BCUT2D eigenvalue weighted by molar-refractivity contribution is 7.17. The summed E-state index contributed by atoms with van der Waals surface area (Å²) in [5.74, 6) is 0. The molecule has 1 aromatic carbocycles. The number of hydrogen-bond donors (Lipinski definition) is 1. The molecule has 0 atom stereocenters. The van der Waals surface area contributed by atoms with Crippen LogP contribution in [-0.4, -0.2) is 30.6 Å². The number of carbonyl (C=O) groups excluding carboxylic acids is 1. The zero-order valence-corrected chi connectivity index (χ0v) is 13.7. The van der Waals surface area contributed by atoms with E-state index in [0.29, 0.717) is 6.54 Å². The van der Waals surface area contributed by atoms with E-state index in [1.54, 1.807) is 11.3 Å². The summed E-state index contributed by atoms with van der Waals surface area (Å²) in [4.78, 5) is 14.0. The first-order valence-electron chi connectivity index (χ1n) is 7.74. The van der Waals surface area contributed by atoms with Crippen molar-refractivity contribution in [3.63, 3.8) is 0 Å². The van der Waals surface area contributed by atoms with Crippen LogP contribution in [0.1, 0.15) is 32.3 Å². The molecule has 4 heteroatoms. The monoisotopic (exact) mass is 304 g/mol. The van der Waals surface area contributed by atoms with Crippen LogP contribution in [0, 0.1) is 0 Å². The number of nitrogens with zero attached hydrogens (tertiary/aromatic N) is 1. The Hall–Kier alpha value is -1.55. The first-order valence-corrected chi connectivity index (χ1v) is 8.62. The molecule has 0 saturated heterocycles. The maximum Gasteiger partial charge on any atom is 0.317 e. The van der Waals surface area contributed by atoms with Crippen LogP contribution in [0.3, 0.4) is 0 Å². The molecule has 2 rings (SSSR count). The number of thiophene rings is 1. The molecule has 0 saturated carbocycles. The van der Waals surface area contributed by atoms with Gasteiger partial charge in [0.2, 0.25) is 0 Å². The number of fused-ring (bicyclic) bond motifs is 1. The van der Waals surface area contributed by atoms with Crippen LogP contribution in [0.15, 0.2) is 29.6 Å². The lowest BCUT2D eigenvalue weighted by Crippen LogP contribution is -2.41. The molecule has 0 spiro atoms. The van der Waals surface area contributed by atoms with Crippen LogP contribution >= 0.6 is 11.3 Å². The van der Waals surface area contributed by atoms with Crippen molar-refractivity contribution < 1.29 is 4.79 Å². The zero-order chi connectivity index (χ0) is 15.1. The van der Waals surface area contributed by atoms with Crippen molar-refractivity contribution in [1.29, 1.82) is 0 Å². The van der Waals surface area contributed by atoms with Gasteiger partial charge in [-0.15, -0.1) is 11.3 Å². The molecule has 1 N–H and O–H groups in total. The summed E-state index contributed by atoms with van der Waals surface area (Å²) in [5.41, 5.74) is 1.33. The van der Waals surface area contributed by atoms with E-state index >= 15 is 0 Å². The third-order valence-corrected chi connectivity index (χ3v) is 4.69. The number of nitrogens with one attached hydrogen (secondary N) is 1. The molecule has 0 aliphatic rings. The molecule has 21 heavy (non-hydrogen) atoms. The highest BCUT2D eigenvalue weighted by Crippen LogP contribution is 2.25. The van der Waals surface area contributed by atoms with E-state index in [-0.39, 0.29) is 6.03 Å². The summed E-state index contributed by atoms with van der Waals surface area (Å²) in [6, 6.07) is 8.50. The van der Waals surface area contributed by atoms with Crippen molar-refractivity contribution in [2.45, 2.75) is 33.1 Å². The maximum absolute atomic E-state index is 12.1. The lowest BCUT2D eigenvalue weighted by atomic mass is 10.1. The lowest BCUT2D eigenvalue weighted by Gasteiger charge is -2.21. The summed E-state index contributed by atoms with van der Waals surface area (Å²) in [5, 5.41) is 6.55. The quantitative estimate of drug-likeness (QED) is 0.813. The topological polar surface area (TPSA) is 32.3 Å². The van der Waals surface area contributed by atoms with Gasteiger partial charge in [-0.3, -0.25) is 0 Å². The predicted octanol–water partition coefficient (Wildman–Crippen LogP) is 4.28. The SMILES string of the molecule is CCCCN(CC)C(=O)NCCc1csc2ccccc12. The van der Waals surface area contributed by atoms with E-state index in [0.717, 1.165) is 32.4 Å². The van der Waals surface area contributed by atoms with Gasteiger partial charge in [0.15, 0.2) is 0 Å². The van der Waals surface area contributed by atoms with Crippen molar-refractivity contribution in [3.8, 4) is 0 Å². The predicted molar refractivity (Wildman–Crippen MR) is 91.1 cm³/mol. The third-order valence-electron chi connectivity index (χ3n) is 3.68. The Kier molecular flexibility index (Phi) is 6.05. The second-order valence-corrected chi connectivity index (χ2v) is 6.08. The second kappa shape index (κ2) is 8.03. The van der Waals surface area contributed by atoms with Gasteiger partial charge in [0.05, 0.1) is 0 Å². The molecule has 3 nitrogen and oxygen atoms in total. The Labute approximate surface area is 131 Å². The van der Waals surface area contributed by atoms with E-state index in [9.17, 15) is 4.79 Å². The van der Waals surface area contributed by atoms with Gasteiger partial charge in [-0.25, -0.2) is 4.79 Å². The average Bonchev–Trinajstić information content (AvgIpc) is 2.91. The molecule has 0 aliphatic heterocycles. The van der Waals surface area contributed by atoms with E-state index in [1.807, 2.05) is 11.8 Å². The number of carbonyl (C=O) groups is 1. The molecule has 1 aromatic heterocycles. The van der Waals surface area contributed by atoms with Gasteiger partial charge in [-0.1, -0.05) is 31.5 Å². The number of unbranched alkanes of at least 4 members (excludes halogenated alkanes) is 1. The normalized spacial score (nSPS) is 10.8. The van der Waals surface area contributed by atoms with Crippen molar-refractivity contribution in [3.05, 3.63) is 35.2 Å². The second-order valence-electron chi connectivity index (χ2n) is 5.17. The van der Waals surface area contributed by atoms with E-state index in [4.69, 9.17) is 0 Å². The van der Waals surface area contributed by atoms with Crippen molar-refractivity contribution in [1.82, 2.24) is 10.2 Å². The van der Waals surface area contributed by atoms with Crippen molar-refractivity contribution in [2.24, 2.45) is 0 Å². The highest BCUT2D eigenvalue weighted by Gasteiger charge is 2.10. The Morgan fingerprint density at radius 1 is 1.29 bits per heavy atom. The van der Waals surface area contributed by atoms with Crippen molar-refractivity contribution in [2.75, 3.05) is 19.6 Å². The fourth-order valence-corrected chi connectivity index (χ4v) is 3.39. The Bertz CT molecular complexity index is 579. The van der Waals surface area contributed by atoms with Crippen LogP contribution in [-0.2, 0) is 6.42 Å². The molecule has 0 unspecified atom stereocenters. The smallest absolute Gasteiger partial charge is 0.317 e. The number of rotatable bonds is 7. The fraction of sp³-hybridized carbons (Fsp3) is 0.471. The minimum absolute atomic E-state index is 0.0606. The van der Waals surface area contributed by atoms with Crippen LogP contribution in [0.5, 0.6) is 0 Å². The number of benzene rings is 1. The summed E-state index contributed by atoms with van der Waals surface area (Å²) in [6.07, 6.45) is 3.07. The molecule has 2 aromatic rings. The Morgan fingerprint density at radius 2 is 2.10 bits per heavy atom. The van der Waals surface area contributed by atoms with E-state index < -0.39 is 0 Å². The molecule has 1 heterocycles. The van der Waals surface area contributed by atoms with Gasteiger partial charge in [0.25, 0.3) is 0 Å². The molecular weight excluding hydrogens is 280 g/mol. The minimum Gasteiger partial charge on any atom is -0.338 e. The Morgan fingerprint density at radius 3 is 2.86 bits per heavy atom. The average molecular weight is 304 g/mol. The summed E-state index contributed by atoms with van der Waals surface area (Å²) < 4.78 is 1.32. The highest BCUT2D eigenvalue weighted by atomic mass is 32.1. The van der Waals surface area contributed by atoms with Gasteiger partial charge in [-0.2, -0.15) is 0 Å². The van der Waals surface area contributed by atoms with Crippen LogP contribution in [0.25, 0.3) is 10.1 Å². The first kappa shape index (κ1) is 15.8. The maximum atomic E-state index is 12.1. The van der Waals surface area contributed by atoms with Crippen LogP contribution in [0.2, 0.25) is 0 Å². The Balaban J connectivity index is 1.84. The van der Waals surface area contributed by atoms with Gasteiger partial charge < -0.3 is 10.2 Å². The molecule has 0 aliphatic carbocycles. The van der Waals surface area contributed by atoms with Crippen LogP contribution in [0.4, 0.5) is 4.79 Å².